The van der Waals surface area contributed by atoms with E-state index >= 15 is 0 Å². The zero-order valence-corrected chi connectivity index (χ0v) is 13.8. The highest BCUT2D eigenvalue weighted by molar-refractivity contribution is 5.61. The van der Waals surface area contributed by atoms with Gasteiger partial charge in [-0.25, -0.2) is 9.37 Å². The van der Waals surface area contributed by atoms with Gasteiger partial charge in [-0.1, -0.05) is 13.3 Å². The van der Waals surface area contributed by atoms with E-state index in [9.17, 15) is 4.39 Å². The van der Waals surface area contributed by atoms with Gasteiger partial charge >= 0.3 is 0 Å². The number of nitrogens with zero attached hydrogens (tertiary/aromatic N) is 3. The summed E-state index contributed by atoms with van der Waals surface area (Å²) in [7, 11) is 0. The van der Waals surface area contributed by atoms with E-state index < -0.39 is 5.82 Å². The van der Waals surface area contributed by atoms with Crippen molar-refractivity contribution >= 4 is 23.1 Å². The number of rotatable bonds is 5. The maximum atomic E-state index is 13.3. The summed E-state index contributed by atoms with van der Waals surface area (Å²) in [6.45, 7) is 3.81. The van der Waals surface area contributed by atoms with Crippen LogP contribution < -0.4 is 21.7 Å². The normalized spacial score (nSPS) is 17.3. The number of benzene rings is 1. The smallest absolute Gasteiger partial charge is 0.229 e. The van der Waals surface area contributed by atoms with E-state index in [-0.39, 0.29) is 11.7 Å². The third kappa shape index (κ3) is 3.73. The maximum Gasteiger partial charge on any atom is 0.229 e. The lowest BCUT2D eigenvalue weighted by Gasteiger charge is -2.19. The number of hydrogen-bond acceptors (Lipinski definition) is 6. The molecule has 2 aromatic rings. The Kier molecular flexibility index (Phi) is 4.80. The molecule has 0 amide bonds. The predicted molar refractivity (Wildman–Crippen MR) is 94.9 cm³/mol. The summed E-state index contributed by atoms with van der Waals surface area (Å²) in [6.07, 6.45) is 2.83. The second kappa shape index (κ2) is 7.00. The summed E-state index contributed by atoms with van der Waals surface area (Å²) in [5.74, 6) is 0.925. The zero-order chi connectivity index (χ0) is 17.1. The Labute approximate surface area is 141 Å². The van der Waals surface area contributed by atoms with Gasteiger partial charge in [-0.15, -0.1) is 0 Å². The van der Waals surface area contributed by atoms with Crippen LogP contribution in [0.5, 0.6) is 0 Å². The van der Waals surface area contributed by atoms with Gasteiger partial charge in [-0.3, -0.25) is 0 Å². The molecule has 1 saturated heterocycles. The van der Waals surface area contributed by atoms with Crippen LogP contribution in [0, 0.1) is 5.82 Å². The Morgan fingerprint density at radius 1 is 1.33 bits per heavy atom. The summed E-state index contributed by atoms with van der Waals surface area (Å²) >= 11 is 0. The largest absolute Gasteiger partial charge is 0.396 e. The van der Waals surface area contributed by atoms with Crippen LogP contribution in [0.3, 0.4) is 0 Å². The van der Waals surface area contributed by atoms with Gasteiger partial charge < -0.3 is 21.7 Å². The molecule has 0 bridgehead atoms. The van der Waals surface area contributed by atoms with E-state index in [0.717, 1.165) is 43.9 Å². The second-order valence-electron chi connectivity index (χ2n) is 6.15. The van der Waals surface area contributed by atoms with E-state index in [1.807, 2.05) is 6.07 Å². The minimum Gasteiger partial charge on any atom is -0.396 e. The van der Waals surface area contributed by atoms with Crippen molar-refractivity contribution in [2.75, 3.05) is 29.0 Å². The van der Waals surface area contributed by atoms with Gasteiger partial charge in [0.1, 0.15) is 11.6 Å². The number of nitrogens with one attached hydrogen (secondary N) is 1. The third-order valence-corrected chi connectivity index (χ3v) is 4.07. The van der Waals surface area contributed by atoms with Crippen molar-refractivity contribution in [2.24, 2.45) is 5.73 Å². The molecule has 1 aromatic carbocycles. The van der Waals surface area contributed by atoms with Crippen molar-refractivity contribution < 1.29 is 4.39 Å². The lowest BCUT2D eigenvalue weighted by atomic mass is 10.2. The highest BCUT2D eigenvalue weighted by atomic mass is 19.1. The summed E-state index contributed by atoms with van der Waals surface area (Å²) < 4.78 is 13.3. The van der Waals surface area contributed by atoms with Crippen LogP contribution in [0.2, 0.25) is 0 Å². The van der Waals surface area contributed by atoms with Crippen molar-refractivity contribution in [3.8, 4) is 0 Å². The molecule has 128 valence electrons. The number of aromatic nitrogens is 2. The first-order chi connectivity index (χ1) is 11.5. The van der Waals surface area contributed by atoms with Crippen LogP contribution >= 0.6 is 0 Å². The Morgan fingerprint density at radius 3 is 2.83 bits per heavy atom. The number of nitrogens with two attached hydrogens (primary N) is 2. The number of nitrogen functional groups attached to an aromatic ring is 1. The Hall–Kier alpha value is -2.41. The molecule has 1 unspecified atom stereocenters. The quantitative estimate of drug-likeness (QED) is 0.729. The van der Waals surface area contributed by atoms with Crippen molar-refractivity contribution in [3.63, 3.8) is 0 Å². The molecule has 1 aromatic heterocycles. The third-order valence-electron chi connectivity index (χ3n) is 4.07. The average Bonchev–Trinajstić information content (AvgIpc) is 2.98. The zero-order valence-electron chi connectivity index (χ0n) is 13.8. The molecule has 0 aliphatic carbocycles. The van der Waals surface area contributed by atoms with E-state index in [1.54, 1.807) is 6.07 Å². The van der Waals surface area contributed by atoms with Gasteiger partial charge in [0.05, 0.1) is 5.69 Å². The molecule has 0 saturated carbocycles. The molecule has 7 heteroatoms. The van der Waals surface area contributed by atoms with E-state index in [1.165, 1.54) is 12.1 Å². The summed E-state index contributed by atoms with van der Waals surface area (Å²) in [5, 5.41) is 3.12. The van der Waals surface area contributed by atoms with Crippen LogP contribution in [0.15, 0.2) is 24.3 Å². The lowest BCUT2D eigenvalue weighted by Crippen LogP contribution is -2.27. The molecule has 0 spiro atoms. The van der Waals surface area contributed by atoms with Crippen molar-refractivity contribution in [3.05, 3.63) is 35.8 Å². The van der Waals surface area contributed by atoms with Crippen molar-refractivity contribution in [1.82, 2.24) is 9.97 Å². The number of halogens is 1. The first-order valence-corrected chi connectivity index (χ1v) is 8.25. The van der Waals surface area contributed by atoms with Crippen molar-refractivity contribution in [2.45, 2.75) is 32.2 Å². The summed E-state index contributed by atoms with van der Waals surface area (Å²) in [5.41, 5.74) is 13.3. The fraction of sp³-hybridized carbons (Fsp3) is 0.412. The van der Waals surface area contributed by atoms with Gasteiger partial charge in [-0.2, -0.15) is 4.98 Å². The van der Waals surface area contributed by atoms with Crippen LogP contribution in [0.4, 0.5) is 27.5 Å². The molecule has 24 heavy (non-hydrogen) atoms. The number of aryl methyl sites for hydroxylation is 1. The molecule has 1 aliphatic heterocycles. The van der Waals surface area contributed by atoms with Crippen molar-refractivity contribution in [1.29, 1.82) is 0 Å². The number of hydrogen-bond donors (Lipinski definition) is 3. The molecule has 1 fully saturated rings. The highest BCUT2D eigenvalue weighted by Gasteiger charge is 2.21. The monoisotopic (exact) mass is 330 g/mol. The first kappa shape index (κ1) is 16.4. The van der Waals surface area contributed by atoms with Crippen LogP contribution in [-0.2, 0) is 6.42 Å². The maximum absolute atomic E-state index is 13.3. The fourth-order valence-corrected chi connectivity index (χ4v) is 2.83. The number of anilines is 4. The molecular weight excluding hydrogens is 307 g/mol. The summed E-state index contributed by atoms with van der Waals surface area (Å²) in [4.78, 5) is 11.3. The van der Waals surface area contributed by atoms with Gasteiger partial charge in [0.15, 0.2) is 0 Å². The molecule has 6 nitrogen and oxygen atoms in total. The average molecular weight is 330 g/mol. The molecule has 1 atom stereocenters. The molecule has 5 N–H and O–H groups in total. The van der Waals surface area contributed by atoms with Gasteiger partial charge in [-0.05, 0) is 31.0 Å². The standard InChI is InChI=1S/C17H23FN6/c1-2-3-12-9-16(24-7-6-11(19)10-24)23-17(21-12)22-13-4-5-14(18)15(20)8-13/h4-5,8-9,11H,2-3,6-7,10,19-20H2,1H3,(H,21,22,23). The van der Waals surface area contributed by atoms with Gasteiger partial charge in [0, 0.05) is 36.6 Å². The minimum atomic E-state index is -0.437. The Balaban J connectivity index is 1.88. The molecule has 3 rings (SSSR count). The van der Waals surface area contributed by atoms with E-state index in [4.69, 9.17) is 11.5 Å². The minimum absolute atomic E-state index is 0.0930. The van der Waals surface area contributed by atoms with Crippen LogP contribution in [-0.4, -0.2) is 29.1 Å². The van der Waals surface area contributed by atoms with Crippen LogP contribution in [0.25, 0.3) is 0 Å². The van der Waals surface area contributed by atoms with E-state index in [0.29, 0.717) is 11.6 Å². The fourth-order valence-electron chi connectivity index (χ4n) is 2.83. The lowest BCUT2D eigenvalue weighted by molar-refractivity contribution is 0.632. The van der Waals surface area contributed by atoms with E-state index in [2.05, 4.69) is 27.1 Å². The van der Waals surface area contributed by atoms with Gasteiger partial charge in [0.25, 0.3) is 0 Å². The Bertz CT molecular complexity index is 720. The Morgan fingerprint density at radius 2 is 2.17 bits per heavy atom. The molecule has 1 aliphatic rings. The SMILES string of the molecule is CCCc1cc(N2CCC(N)C2)nc(Nc2ccc(F)c(N)c2)n1. The molecular formula is C17H23FN6. The molecule has 0 radical (unpaired) electrons. The topological polar surface area (TPSA) is 93.1 Å². The predicted octanol–water partition coefficient (Wildman–Crippen LogP) is 2.43. The van der Waals surface area contributed by atoms with Crippen LogP contribution in [0.1, 0.15) is 25.5 Å². The van der Waals surface area contributed by atoms with Gasteiger partial charge in [0.2, 0.25) is 5.95 Å². The second-order valence-corrected chi connectivity index (χ2v) is 6.15. The highest BCUT2D eigenvalue weighted by Crippen LogP contribution is 2.23. The summed E-state index contributed by atoms with van der Waals surface area (Å²) in [6, 6.07) is 6.69. The molecule has 2 heterocycles. The first-order valence-electron chi connectivity index (χ1n) is 8.25.